The Labute approximate surface area is 115 Å². The van der Waals surface area contributed by atoms with Crippen LogP contribution < -0.4 is 10.6 Å². The first kappa shape index (κ1) is 13.8. The van der Waals surface area contributed by atoms with Crippen molar-refractivity contribution in [2.75, 3.05) is 18.4 Å². The second-order valence-electron chi connectivity index (χ2n) is 5.24. The van der Waals surface area contributed by atoms with Crippen LogP contribution in [0, 0.1) is 5.92 Å². The minimum atomic E-state index is 0.661. The zero-order valence-corrected chi connectivity index (χ0v) is 12.0. The van der Waals surface area contributed by atoms with E-state index in [9.17, 15) is 0 Å². The van der Waals surface area contributed by atoms with Gasteiger partial charge in [-0.2, -0.15) is 0 Å². The molecule has 3 heteroatoms. The van der Waals surface area contributed by atoms with Gasteiger partial charge in [0.05, 0.1) is 5.69 Å². The van der Waals surface area contributed by atoms with Crippen molar-refractivity contribution in [3.05, 3.63) is 36.0 Å². The fraction of sp³-hybridized carbons (Fsp3) is 0.438. The molecular weight excluding hydrogens is 234 g/mol. The third kappa shape index (κ3) is 3.67. The number of aromatic nitrogens is 1. The molecule has 0 amide bonds. The van der Waals surface area contributed by atoms with E-state index in [4.69, 9.17) is 4.98 Å². The molecular formula is C16H23N3. The highest BCUT2D eigenvalue weighted by atomic mass is 15.0. The lowest BCUT2D eigenvalue weighted by Gasteiger charge is -2.11. The van der Waals surface area contributed by atoms with Crippen molar-refractivity contribution in [3.8, 4) is 0 Å². The van der Waals surface area contributed by atoms with Crippen LogP contribution in [-0.2, 0) is 6.54 Å². The van der Waals surface area contributed by atoms with Crippen molar-refractivity contribution < 1.29 is 0 Å². The van der Waals surface area contributed by atoms with Crippen LogP contribution in [0.4, 0.5) is 5.82 Å². The highest BCUT2D eigenvalue weighted by molar-refractivity contribution is 5.92. The van der Waals surface area contributed by atoms with Gasteiger partial charge in [-0.3, -0.25) is 0 Å². The normalized spacial score (nSPS) is 11.2. The highest BCUT2D eigenvalue weighted by Crippen LogP contribution is 2.22. The third-order valence-corrected chi connectivity index (χ3v) is 3.00. The second kappa shape index (κ2) is 6.53. The maximum atomic E-state index is 4.71. The van der Waals surface area contributed by atoms with Gasteiger partial charge >= 0.3 is 0 Å². The summed E-state index contributed by atoms with van der Waals surface area (Å²) in [5, 5.41) is 9.23. The standard InChI is InChI=1S/C16H23N3/c1-4-18-16-15-8-6-5-7-13(15)9-14(19-16)11-17-10-12(2)3/h5-9,12,17H,4,10-11H2,1-3H3,(H,18,19). The Morgan fingerprint density at radius 3 is 2.74 bits per heavy atom. The van der Waals surface area contributed by atoms with Gasteiger partial charge in [0, 0.05) is 18.5 Å². The lowest BCUT2D eigenvalue weighted by atomic mass is 10.1. The van der Waals surface area contributed by atoms with E-state index in [1.807, 2.05) is 0 Å². The lowest BCUT2D eigenvalue weighted by molar-refractivity contribution is 0.548. The Morgan fingerprint density at radius 2 is 2.00 bits per heavy atom. The average Bonchev–Trinajstić information content (AvgIpc) is 2.39. The number of pyridine rings is 1. The number of benzene rings is 1. The van der Waals surface area contributed by atoms with E-state index in [1.165, 1.54) is 10.8 Å². The predicted molar refractivity (Wildman–Crippen MR) is 82.5 cm³/mol. The number of hydrogen-bond acceptors (Lipinski definition) is 3. The molecule has 0 bridgehead atoms. The van der Waals surface area contributed by atoms with Crippen molar-refractivity contribution in [3.63, 3.8) is 0 Å². The van der Waals surface area contributed by atoms with Gasteiger partial charge in [-0.05, 0) is 30.8 Å². The second-order valence-corrected chi connectivity index (χ2v) is 5.24. The Kier molecular flexibility index (Phi) is 4.74. The van der Waals surface area contributed by atoms with E-state index in [0.717, 1.165) is 31.1 Å². The van der Waals surface area contributed by atoms with Gasteiger partial charge in [-0.1, -0.05) is 38.1 Å². The van der Waals surface area contributed by atoms with Crippen LogP contribution in [0.3, 0.4) is 0 Å². The molecule has 0 saturated carbocycles. The van der Waals surface area contributed by atoms with E-state index in [-0.39, 0.29) is 0 Å². The van der Waals surface area contributed by atoms with Gasteiger partial charge < -0.3 is 10.6 Å². The van der Waals surface area contributed by atoms with Crippen LogP contribution in [0.5, 0.6) is 0 Å². The fourth-order valence-corrected chi connectivity index (χ4v) is 2.14. The Bertz CT molecular complexity index is 535. The SMILES string of the molecule is CCNc1nc(CNCC(C)C)cc2ccccc12. The molecule has 0 fully saturated rings. The Hall–Kier alpha value is -1.61. The van der Waals surface area contributed by atoms with Crippen LogP contribution in [0.25, 0.3) is 10.8 Å². The van der Waals surface area contributed by atoms with Crippen LogP contribution in [0.15, 0.2) is 30.3 Å². The number of nitrogens with zero attached hydrogens (tertiary/aromatic N) is 1. The summed E-state index contributed by atoms with van der Waals surface area (Å²) in [6.07, 6.45) is 0. The van der Waals surface area contributed by atoms with Crippen molar-refractivity contribution >= 4 is 16.6 Å². The molecule has 0 aliphatic rings. The highest BCUT2D eigenvalue weighted by Gasteiger charge is 2.05. The molecule has 0 radical (unpaired) electrons. The predicted octanol–water partition coefficient (Wildman–Crippen LogP) is 3.41. The Morgan fingerprint density at radius 1 is 1.21 bits per heavy atom. The summed E-state index contributed by atoms with van der Waals surface area (Å²) in [6, 6.07) is 10.6. The van der Waals surface area contributed by atoms with E-state index in [0.29, 0.717) is 5.92 Å². The monoisotopic (exact) mass is 257 g/mol. The van der Waals surface area contributed by atoms with Crippen LogP contribution in [0.1, 0.15) is 26.5 Å². The number of rotatable bonds is 6. The zero-order chi connectivity index (χ0) is 13.7. The Balaban J connectivity index is 2.24. The first-order valence-corrected chi connectivity index (χ1v) is 7.04. The van der Waals surface area contributed by atoms with E-state index in [2.05, 4.69) is 61.7 Å². The molecule has 0 saturated heterocycles. The smallest absolute Gasteiger partial charge is 0.134 e. The summed E-state index contributed by atoms with van der Waals surface area (Å²) in [4.78, 5) is 4.71. The molecule has 1 aromatic heterocycles. The van der Waals surface area contributed by atoms with Crippen molar-refractivity contribution in [2.45, 2.75) is 27.3 Å². The van der Waals surface area contributed by atoms with E-state index >= 15 is 0 Å². The molecule has 2 rings (SSSR count). The maximum Gasteiger partial charge on any atom is 0.134 e. The van der Waals surface area contributed by atoms with Gasteiger partial charge in [-0.25, -0.2) is 4.98 Å². The van der Waals surface area contributed by atoms with Gasteiger partial charge in [0.25, 0.3) is 0 Å². The van der Waals surface area contributed by atoms with E-state index in [1.54, 1.807) is 0 Å². The van der Waals surface area contributed by atoms with Gasteiger partial charge in [0.2, 0.25) is 0 Å². The summed E-state index contributed by atoms with van der Waals surface area (Å²) < 4.78 is 0. The van der Waals surface area contributed by atoms with Crippen LogP contribution >= 0.6 is 0 Å². The average molecular weight is 257 g/mol. The molecule has 0 atom stereocenters. The molecule has 102 valence electrons. The third-order valence-electron chi connectivity index (χ3n) is 3.00. The molecule has 3 nitrogen and oxygen atoms in total. The topological polar surface area (TPSA) is 37.0 Å². The molecule has 19 heavy (non-hydrogen) atoms. The van der Waals surface area contributed by atoms with Crippen molar-refractivity contribution in [1.29, 1.82) is 0 Å². The minimum absolute atomic E-state index is 0.661. The first-order chi connectivity index (χ1) is 9.20. The number of anilines is 1. The molecule has 1 aromatic carbocycles. The lowest BCUT2D eigenvalue weighted by Crippen LogP contribution is -2.19. The molecule has 0 spiro atoms. The van der Waals surface area contributed by atoms with Crippen LogP contribution in [-0.4, -0.2) is 18.1 Å². The minimum Gasteiger partial charge on any atom is -0.370 e. The van der Waals surface area contributed by atoms with Gasteiger partial charge in [0.1, 0.15) is 5.82 Å². The molecule has 0 aliphatic carbocycles. The fourth-order valence-electron chi connectivity index (χ4n) is 2.14. The van der Waals surface area contributed by atoms with Crippen molar-refractivity contribution in [1.82, 2.24) is 10.3 Å². The molecule has 2 aromatic rings. The summed E-state index contributed by atoms with van der Waals surface area (Å²) in [6.45, 7) is 9.25. The summed E-state index contributed by atoms with van der Waals surface area (Å²) in [5.74, 6) is 1.65. The van der Waals surface area contributed by atoms with Gasteiger partial charge in [0.15, 0.2) is 0 Å². The van der Waals surface area contributed by atoms with Gasteiger partial charge in [-0.15, -0.1) is 0 Å². The number of hydrogen-bond donors (Lipinski definition) is 2. The summed E-state index contributed by atoms with van der Waals surface area (Å²) >= 11 is 0. The largest absolute Gasteiger partial charge is 0.370 e. The summed E-state index contributed by atoms with van der Waals surface area (Å²) in [7, 11) is 0. The van der Waals surface area contributed by atoms with Crippen molar-refractivity contribution in [2.24, 2.45) is 5.92 Å². The zero-order valence-electron chi connectivity index (χ0n) is 12.0. The maximum absolute atomic E-state index is 4.71. The molecule has 2 N–H and O–H groups in total. The number of nitrogens with one attached hydrogen (secondary N) is 2. The van der Waals surface area contributed by atoms with E-state index < -0.39 is 0 Å². The quantitative estimate of drug-likeness (QED) is 0.832. The molecule has 0 unspecified atom stereocenters. The summed E-state index contributed by atoms with van der Waals surface area (Å²) in [5.41, 5.74) is 1.09. The first-order valence-electron chi connectivity index (χ1n) is 7.04. The van der Waals surface area contributed by atoms with Crippen LogP contribution in [0.2, 0.25) is 0 Å². The molecule has 0 aliphatic heterocycles. The number of fused-ring (bicyclic) bond motifs is 1. The molecule has 1 heterocycles.